The van der Waals surface area contributed by atoms with Crippen LogP contribution in [0.3, 0.4) is 0 Å². The van der Waals surface area contributed by atoms with Crippen LogP contribution in [-0.2, 0) is 9.59 Å². The van der Waals surface area contributed by atoms with Gasteiger partial charge < -0.3 is 14.6 Å². The molecule has 1 unspecified atom stereocenters. The summed E-state index contributed by atoms with van der Waals surface area (Å²) in [6.07, 6.45) is 0. The second kappa shape index (κ2) is 8.88. The third-order valence-electron chi connectivity index (χ3n) is 5.96. The molecule has 176 valence electrons. The first-order chi connectivity index (χ1) is 16.9. The number of aryl methyl sites for hydroxylation is 1. The molecule has 8 heteroatoms. The Hall–Kier alpha value is -4.17. The van der Waals surface area contributed by atoms with Crippen molar-refractivity contribution in [2.45, 2.75) is 13.0 Å². The molecular weight excluding hydrogens is 464 g/mol. The van der Waals surface area contributed by atoms with Crippen molar-refractivity contribution in [3.05, 3.63) is 89.0 Å². The summed E-state index contributed by atoms with van der Waals surface area (Å²) in [6.45, 7) is 1.93. The molecule has 1 aromatic heterocycles. The molecule has 1 aliphatic heterocycles. The molecule has 7 nitrogen and oxygen atoms in total. The van der Waals surface area contributed by atoms with Crippen LogP contribution in [0.25, 0.3) is 16.0 Å². The number of Topliss-reactive ketones (excluding diaryl/α,β-unsaturated/α-hetero) is 1. The van der Waals surface area contributed by atoms with E-state index in [-0.39, 0.29) is 11.3 Å². The van der Waals surface area contributed by atoms with Crippen LogP contribution in [0.4, 0.5) is 5.13 Å². The quantitative estimate of drug-likeness (QED) is 0.236. The Morgan fingerprint density at radius 1 is 0.971 bits per heavy atom. The van der Waals surface area contributed by atoms with Gasteiger partial charge in [0.2, 0.25) is 0 Å². The van der Waals surface area contributed by atoms with E-state index in [9.17, 15) is 14.7 Å². The first-order valence-corrected chi connectivity index (χ1v) is 11.7. The van der Waals surface area contributed by atoms with Crippen LogP contribution < -0.4 is 14.4 Å². The van der Waals surface area contributed by atoms with E-state index in [0.29, 0.717) is 33.3 Å². The van der Waals surface area contributed by atoms with Gasteiger partial charge in [-0.25, -0.2) is 4.98 Å². The number of hydrogen-bond donors (Lipinski definition) is 1. The number of anilines is 1. The first kappa shape index (κ1) is 22.6. The maximum absolute atomic E-state index is 13.4. The average molecular weight is 487 g/mol. The lowest BCUT2D eigenvalue weighted by Crippen LogP contribution is -2.29. The minimum absolute atomic E-state index is 0.0163. The van der Waals surface area contributed by atoms with Gasteiger partial charge in [-0.2, -0.15) is 0 Å². The van der Waals surface area contributed by atoms with Crippen molar-refractivity contribution in [2.24, 2.45) is 0 Å². The van der Waals surface area contributed by atoms with E-state index in [1.807, 2.05) is 43.3 Å². The maximum atomic E-state index is 13.4. The molecule has 1 N–H and O–H groups in total. The van der Waals surface area contributed by atoms with E-state index in [0.717, 1.165) is 10.3 Å². The number of ketones is 1. The largest absolute Gasteiger partial charge is 0.507 e. The van der Waals surface area contributed by atoms with Crippen LogP contribution in [0.15, 0.2) is 72.3 Å². The lowest BCUT2D eigenvalue weighted by atomic mass is 9.94. The van der Waals surface area contributed by atoms with Gasteiger partial charge in [0.1, 0.15) is 17.3 Å². The molecule has 35 heavy (non-hydrogen) atoms. The predicted molar refractivity (Wildman–Crippen MR) is 135 cm³/mol. The topological polar surface area (TPSA) is 89.0 Å². The van der Waals surface area contributed by atoms with Gasteiger partial charge in [0, 0.05) is 5.56 Å². The van der Waals surface area contributed by atoms with Crippen molar-refractivity contribution >= 4 is 44.1 Å². The molecule has 1 aliphatic rings. The summed E-state index contributed by atoms with van der Waals surface area (Å²) in [6, 6.07) is 18.8. The number of nitrogens with zero attached hydrogens (tertiary/aromatic N) is 2. The number of benzene rings is 3. The smallest absolute Gasteiger partial charge is 0.301 e. The zero-order valence-electron chi connectivity index (χ0n) is 19.3. The van der Waals surface area contributed by atoms with Gasteiger partial charge in [0.25, 0.3) is 5.78 Å². The van der Waals surface area contributed by atoms with E-state index in [1.54, 1.807) is 44.6 Å². The van der Waals surface area contributed by atoms with Crippen molar-refractivity contribution in [2.75, 3.05) is 19.1 Å². The molecule has 4 aromatic rings. The summed E-state index contributed by atoms with van der Waals surface area (Å²) in [7, 11) is 3.13. The molecule has 2 heterocycles. The Labute approximate surface area is 205 Å². The lowest BCUT2D eigenvalue weighted by molar-refractivity contribution is -0.132. The van der Waals surface area contributed by atoms with Crippen molar-refractivity contribution in [1.82, 2.24) is 4.98 Å². The van der Waals surface area contributed by atoms with Gasteiger partial charge in [-0.1, -0.05) is 41.2 Å². The zero-order chi connectivity index (χ0) is 24.7. The summed E-state index contributed by atoms with van der Waals surface area (Å²) in [5, 5.41) is 11.6. The maximum Gasteiger partial charge on any atom is 0.301 e. The fourth-order valence-electron chi connectivity index (χ4n) is 4.21. The highest BCUT2D eigenvalue weighted by Gasteiger charge is 2.48. The van der Waals surface area contributed by atoms with Gasteiger partial charge in [0.15, 0.2) is 5.13 Å². The van der Waals surface area contributed by atoms with Crippen LogP contribution in [0.5, 0.6) is 11.5 Å². The number of hydrogen-bond acceptors (Lipinski definition) is 7. The van der Waals surface area contributed by atoms with Gasteiger partial charge in [0.05, 0.1) is 36.1 Å². The van der Waals surface area contributed by atoms with Crippen LogP contribution in [0.1, 0.15) is 22.7 Å². The van der Waals surface area contributed by atoms with Crippen molar-refractivity contribution in [3.63, 3.8) is 0 Å². The number of carbonyl (C=O) groups is 2. The number of amides is 1. The fourth-order valence-corrected chi connectivity index (χ4v) is 5.23. The fraction of sp³-hybridized carbons (Fsp3) is 0.148. The molecule has 1 atom stereocenters. The van der Waals surface area contributed by atoms with Crippen LogP contribution >= 0.6 is 11.3 Å². The summed E-state index contributed by atoms with van der Waals surface area (Å²) >= 11 is 1.29. The summed E-state index contributed by atoms with van der Waals surface area (Å²) < 4.78 is 11.3. The van der Waals surface area contributed by atoms with E-state index < -0.39 is 17.7 Å². The molecule has 0 saturated carbocycles. The second-order valence-electron chi connectivity index (χ2n) is 8.14. The monoisotopic (exact) mass is 486 g/mol. The standard InChI is InChI=1S/C27H22N2O5S/c1-15-5-4-6-17(13-15)23-22(24(30)16-7-9-18(33-2)10-8-16)25(31)26(32)29(23)27-28-20-12-11-19(34-3)14-21(20)35-27/h4-14,23,30H,1-3H3/b24-22+. The number of carbonyl (C=O) groups excluding carboxylic acids is 2. The minimum Gasteiger partial charge on any atom is -0.507 e. The Balaban J connectivity index is 1.70. The highest BCUT2D eigenvalue weighted by atomic mass is 32.1. The van der Waals surface area contributed by atoms with Crippen molar-refractivity contribution < 1.29 is 24.2 Å². The van der Waals surface area contributed by atoms with Gasteiger partial charge in [-0.15, -0.1) is 0 Å². The van der Waals surface area contributed by atoms with Crippen LogP contribution in [0, 0.1) is 6.92 Å². The molecule has 1 fully saturated rings. The minimum atomic E-state index is -0.834. The van der Waals surface area contributed by atoms with E-state index in [4.69, 9.17) is 9.47 Å². The summed E-state index contributed by atoms with van der Waals surface area (Å²) in [5.41, 5.74) is 2.78. The number of rotatable bonds is 5. The molecule has 3 aromatic carbocycles. The lowest BCUT2D eigenvalue weighted by Gasteiger charge is -2.23. The highest BCUT2D eigenvalue weighted by Crippen LogP contribution is 2.44. The van der Waals surface area contributed by atoms with Gasteiger partial charge in [-0.05, 0) is 55.0 Å². The third kappa shape index (κ3) is 3.91. The number of thiazole rings is 1. The van der Waals surface area contributed by atoms with E-state index >= 15 is 0 Å². The highest BCUT2D eigenvalue weighted by molar-refractivity contribution is 7.22. The first-order valence-electron chi connectivity index (χ1n) is 10.9. The molecule has 0 spiro atoms. The van der Waals surface area contributed by atoms with Crippen LogP contribution in [0.2, 0.25) is 0 Å². The number of fused-ring (bicyclic) bond motifs is 1. The zero-order valence-corrected chi connectivity index (χ0v) is 20.1. The SMILES string of the molecule is COc1ccc(/C(O)=C2\C(=O)C(=O)N(c3nc4ccc(OC)cc4s3)C2c2cccc(C)c2)cc1. The molecule has 1 saturated heterocycles. The molecule has 0 bridgehead atoms. The number of aliphatic hydroxyl groups excluding tert-OH is 1. The Morgan fingerprint density at radius 3 is 2.37 bits per heavy atom. The number of aliphatic hydroxyl groups is 1. The average Bonchev–Trinajstić information content (AvgIpc) is 3.41. The third-order valence-corrected chi connectivity index (χ3v) is 6.97. The van der Waals surface area contributed by atoms with Crippen molar-refractivity contribution in [1.29, 1.82) is 0 Å². The Kier molecular flexibility index (Phi) is 5.74. The Morgan fingerprint density at radius 2 is 1.69 bits per heavy atom. The van der Waals surface area contributed by atoms with Gasteiger partial charge >= 0.3 is 5.91 Å². The normalized spacial score (nSPS) is 17.2. The van der Waals surface area contributed by atoms with E-state index in [2.05, 4.69) is 4.98 Å². The molecule has 0 radical (unpaired) electrons. The molecule has 1 amide bonds. The summed E-state index contributed by atoms with van der Waals surface area (Å²) in [5.74, 6) is -0.464. The predicted octanol–water partition coefficient (Wildman–Crippen LogP) is 5.25. The van der Waals surface area contributed by atoms with Crippen LogP contribution in [-0.4, -0.2) is 36.0 Å². The summed E-state index contributed by atoms with van der Waals surface area (Å²) in [4.78, 5) is 32.7. The second-order valence-corrected chi connectivity index (χ2v) is 9.15. The molecular formula is C27H22N2O5S. The van der Waals surface area contributed by atoms with Gasteiger partial charge in [-0.3, -0.25) is 14.5 Å². The number of ether oxygens (including phenoxy) is 2. The number of aromatic nitrogens is 1. The molecule has 0 aliphatic carbocycles. The Bertz CT molecular complexity index is 1490. The number of methoxy groups -OCH3 is 2. The molecule has 5 rings (SSSR count). The van der Waals surface area contributed by atoms with Crippen molar-refractivity contribution in [3.8, 4) is 11.5 Å². The van der Waals surface area contributed by atoms with E-state index in [1.165, 1.54) is 16.2 Å².